The van der Waals surface area contributed by atoms with Crippen LogP contribution in [0.1, 0.15) is 48.1 Å². The summed E-state index contributed by atoms with van der Waals surface area (Å²) in [5, 5.41) is 13.1. The number of carbonyl (C=O) groups is 3. The van der Waals surface area contributed by atoms with E-state index in [1.54, 1.807) is 11.1 Å². The molecule has 4 N–H and O–H groups in total. The topological polar surface area (TPSA) is 127 Å². The molecule has 3 amide bonds. The third-order valence-electron chi connectivity index (χ3n) is 6.06. The standard InChI is InChI=1S/C26H27N5O2.C2HF3O2/c1-26(2,3)30-25(33)31-15-18(12-17-6-4-5-7-23(17)31)21-13-16(8-10-27-21)22-14-19-20(29-22)9-11-28-24(19)32;3-2(4,5)1(6)7/h4-8,10,12-14,29H,9,11,15H2,1-3H3,(H,28,32)(H,30,33);(H,6,7). The Balaban J connectivity index is 0.000000470. The smallest absolute Gasteiger partial charge is 0.475 e. The molecule has 2 aromatic heterocycles. The number of carbonyl (C=O) groups excluding carboxylic acids is 2. The summed E-state index contributed by atoms with van der Waals surface area (Å²) in [6.45, 7) is 6.97. The number of pyridine rings is 1. The van der Waals surface area contributed by atoms with Crippen LogP contribution in [0.15, 0.2) is 48.7 Å². The van der Waals surface area contributed by atoms with E-state index in [1.165, 1.54) is 0 Å². The van der Waals surface area contributed by atoms with E-state index in [2.05, 4.69) is 26.7 Å². The number of rotatable bonds is 2. The van der Waals surface area contributed by atoms with Gasteiger partial charge in [-0.3, -0.25) is 14.7 Å². The first-order valence-electron chi connectivity index (χ1n) is 12.4. The molecule has 0 spiro atoms. The number of para-hydroxylation sites is 1. The van der Waals surface area contributed by atoms with Crippen LogP contribution in [0.4, 0.5) is 23.7 Å². The molecule has 0 bridgehead atoms. The highest BCUT2D eigenvalue weighted by atomic mass is 19.4. The van der Waals surface area contributed by atoms with Gasteiger partial charge in [0.1, 0.15) is 0 Å². The van der Waals surface area contributed by atoms with E-state index in [9.17, 15) is 22.8 Å². The molecule has 4 heterocycles. The predicted octanol–water partition coefficient (Wildman–Crippen LogP) is 4.86. The summed E-state index contributed by atoms with van der Waals surface area (Å²) in [5.74, 6) is -2.80. The van der Waals surface area contributed by atoms with Crippen LogP contribution in [0, 0.1) is 0 Å². The summed E-state index contributed by atoms with van der Waals surface area (Å²) < 4.78 is 31.7. The SMILES string of the molecule is CC(C)(C)NC(=O)N1CC(c2cc(-c3cc4c([nH]3)CCNC4=O)ccn2)=Cc2ccccc21.O=C(O)C(F)(F)F. The first kappa shape index (κ1) is 28.4. The van der Waals surface area contributed by atoms with Crippen LogP contribution in [-0.2, 0) is 11.2 Å². The zero-order valence-corrected chi connectivity index (χ0v) is 22.0. The maximum atomic E-state index is 13.1. The molecule has 2 aliphatic rings. The minimum atomic E-state index is -5.08. The average molecular weight is 556 g/mol. The molecule has 40 heavy (non-hydrogen) atoms. The summed E-state index contributed by atoms with van der Waals surface area (Å²) in [7, 11) is 0. The monoisotopic (exact) mass is 555 g/mol. The molecule has 5 rings (SSSR count). The first-order chi connectivity index (χ1) is 18.7. The molecule has 0 fully saturated rings. The van der Waals surface area contributed by atoms with Gasteiger partial charge in [-0.25, -0.2) is 9.59 Å². The van der Waals surface area contributed by atoms with Crippen molar-refractivity contribution < 1.29 is 32.7 Å². The summed E-state index contributed by atoms with van der Waals surface area (Å²) in [5.41, 5.74) is 6.76. The molecule has 1 aromatic carbocycles. The van der Waals surface area contributed by atoms with Gasteiger partial charge < -0.3 is 20.7 Å². The lowest BCUT2D eigenvalue weighted by Crippen LogP contribution is -2.49. The van der Waals surface area contributed by atoms with Crippen LogP contribution in [0.3, 0.4) is 0 Å². The van der Waals surface area contributed by atoms with Crippen LogP contribution < -0.4 is 15.5 Å². The van der Waals surface area contributed by atoms with Crippen LogP contribution in [0.5, 0.6) is 0 Å². The summed E-state index contributed by atoms with van der Waals surface area (Å²) in [6, 6.07) is 13.6. The van der Waals surface area contributed by atoms with Gasteiger partial charge in [0.05, 0.1) is 23.5 Å². The van der Waals surface area contributed by atoms with E-state index in [-0.39, 0.29) is 17.5 Å². The van der Waals surface area contributed by atoms with Crippen LogP contribution >= 0.6 is 0 Å². The number of aliphatic carboxylic acids is 1. The number of carboxylic acids is 1. The fourth-order valence-electron chi connectivity index (χ4n) is 4.29. The number of H-pyrrole nitrogens is 1. The van der Waals surface area contributed by atoms with Crippen LogP contribution in [0.25, 0.3) is 22.9 Å². The highest BCUT2D eigenvalue weighted by Crippen LogP contribution is 2.34. The predicted molar refractivity (Wildman–Crippen MR) is 144 cm³/mol. The summed E-state index contributed by atoms with van der Waals surface area (Å²) in [4.78, 5) is 43.9. The minimum Gasteiger partial charge on any atom is -0.475 e. The van der Waals surface area contributed by atoms with Crippen molar-refractivity contribution in [2.24, 2.45) is 0 Å². The van der Waals surface area contributed by atoms with Gasteiger partial charge in [-0.2, -0.15) is 13.2 Å². The molecule has 3 aromatic rings. The number of aromatic nitrogens is 2. The number of aromatic amines is 1. The fraction of sp³-hybridized carbons (Fsp3) is 0.286. The number of carboxylic acid groups (broad SMARTS) is 1. The van der Waals surface area contributed by atoms with Crippen molar-refractivity contribution in [3.05, 3.63) is 71.2 Å². The van der Waals surface area contributed by atoms with Gasteiger partial charge in [0.25, 0.3) is 5.91 Å². The number of nitrogens with one attached hydrogen (secondary N) is 3. The number of nitrogens with zero attached hydrogens (tertiary/aromatic N) is 2. The lowest BCUT2D eigenvalue weighted by molar-refractivity contribution is -0.192. The number of benzene rings is 1. The number of amides is 3. The second kappa shape index (κ2) is 10.9. The average Bonchev–Trinajstić information content (AvgIpc) is 3.33. The highest BCUT2D eigenvalue weighted by Gasteiger charge is 2.38. The number of anilines is 1. The minimum absolute atomic E-state index is 0.0415. The Labute approximate surface area is 228 Å². The number of alkyl halides is 3. The van der Waals surface area contributed by atoms with Gasteiger partial charge in [-0.05, 0) is 62.2 Å². The Morgan fingerprint density at radius 1 is 1.10 bits per heavy atom. The number of halogens is 3. The van der Waals surface area contributed by atoms with Gasteiger partial charge in [-0.1, -0.05) is 18.2 Å². The molecular formula is C28H28F3N5O4. The van der Waals surface area contributed by atoms with Crippen molar-refractivity contribution in [1.82, 2.24) is 20.6 Å². The largest absolute Gasteiger partial charge is 0.490 e. The van der Waals surface area contributed by atoms with Crippen LogP contribution in [-0.4, -0.2) is 57.8 Å². The number of hydrogen-bond acceptors (Lipinski definition) is 4. The molecule has 0 radical (unpaired) electrons. The van der Waals surface area contributed by atoms with Gasteiger partial charge >= 0.3 is 18.2 Å². The van der Waals surface area contributed by atoms with Gasteiger partial charge in [-0.15, -0.1) is 0 Å². The van der Waals surface area contributed by atoms with E-state index >= 15 is 0 Å². The normalized spacial score (nSPS) is 14.6. The zero-order valence-electron chi connectivity index (χ0n) is 22.0. The lowest BCUT2D eigenvalue weighted by Gasteiger charge is -2.32. The number of fused-ring (bicyclic) bond motifs is 2. The zero-order chi connectivity index (χ0) is 29.2. The summed E-state index contributed by atoms with van der Waals surface area (Å²) in [6.07, 6.45) is -0.431. The maximum Gasteiger partial charge on any atom is 0.490 e. The van der Waals surface area contributed by atoms with E-state index in [0.717, 1.165) is 45.9 Å². The van der Waals surface area contributed by atoms with E-state index in [1.807, 2.05) is 63.2 Å². The Hall–Kier alpha value is -4.61. The van der Waals surface area contributed by atoms with Gasteiger partial charge in [0.15, 0.2) is 0 Å². The lowest BCUT2D eigenvalue weighted by atomic mass is 9.99. The van der Waals surface area contributed by atoms with Crippen molar-refractivity contribution in [1.29, 1.82) is 0 Å². The molecule has 0 aliphatic carbocycles. The molecule has 2 aliphatic heterocycles. The Kier molecular flexibility index (Phi) is 7.72. The molecule has 0 saturated heterocycles. The fourth-order valence-corrected chi connectivity index (χ4v) is 4.29. The van der Waals surface area contributed by atoms with Crippen LogP contribution in [0.2, 0.25) is 0 Å². The number of urea groups is 1. The summed E-state index contributed by atoms with van der Waals surface area (Å²) >= 11 is 0. The van der Waals surface area contributed by atoms with Gasteiger partial charge in [0, 0.05) is 41.7 Å². The quantitative estimate of drug-likeness (QED) is 0.359. The van der Waals surface area contributed by atoms with Crippen molar-refractivity contribution in [2.45, 2.75) is 38.9 Å². The Morgan fingerprint density at radius 3 is 2.45 bits per heavy atom. The van der Waals surface area contributed by atoms with Crippen molar-refractivity contribution in [2.75, 3.05) is 18.0 Å². The highest BCUT2D eigenvalue weighted by molar-refractivity contribution is 6.02. The molecular weight excluding hydrogens is 527 g/mol. The van der Waals surface area contributed by atoms with E-state index in [0.29, 0.717) is 18.7 Å². The first-order valence-corrected chi connectivity index (χ1v) is 12.4. The van der Waals surface area contributed by atoms with Gasteiger partial charge in [0.2, 0.25) is 0 Å². The Morgan fingerprint density at radius 2 is 1.80 bits per heavy atom. The molecule has 0 atom stereocenters. The van der Waals surface area contributed by atoms with E-state index in [4.69, 9.17) is 9.90 Å². The Bertz CT molecular complexity index is 1490. The van der Waals surface area contributed by atoms with Crippen molar-refractivity contribution >= 4 is 35.2 Å². The molecule has 12 heteroatoms. The van der Waals surface area contributed by atoms with Crippen molar-refractivity contribution in [3.63, 3.8) is 0 Å². The molecule has 210 valence electrons. The third-order valence-corrected chi connectivity index (χ3v) is 6.06. The number of hydrogen-bond donors (Lipinski definition) is 4. The maximum absolute atomic E-state index is 13.1. The second-order valence-corrected chi connectivity index (χ2v) is 10.3. The van der Waals surface area contributed by atoms with E-state index < -0.39 is 12.1 Å². The molecule has 0 saturated carbocycles. The molecule has 9 nitrogen and oxygen atoms in total. The third kappa shape index (κ3) is 6.50. The second-order valence-electron chi connectivity index (χ2n) is 10.3. The molecule has 0 unspecified atom stereocenters. The van der Waals surface area contributed by atoms with Crippen molar-refractivity contribution in [3.8, 4) is 11.3 Å².